The zero-order valence-electron chi connectivity index (χ0n) is 14.2. The highest BCUT2D eigenvalue weighted by atomic mass is 16.2. The molecule has 0 radical (unpaired) electrons. The number of carbonyl (C=O) groups excluding carboxylic acids is 1. The van der Waals surface area contributed by atoms with Crippen molar-refractivity contribution in [2.75, 3.05) is 5.32 Å². The molecule has 6 heteroatoms. The van der Waals surface area contributed by atoms with E-state index in [-0.39, 0.29) is 12.5 Å². The molecule has 0 fully saturated rings. The van der Waals surface area contributed by atoms with E-state index in [0.29, 0.717) is 18.7 Å². The lowest BCUT2D eigenvalue weighted by Gasteiger charge is -2.09. The quantitative estimate of drug-likeness (QED) is 0.691. The fraction of sp³-hybridized carbons (Fsp3) is 0.150. The van der Waals surface area contributed by atoms with Gasteiger partial charge in [-0.25, -0.2) is 0 Å². The number of nitrogens with one attached hydrogen (secondary N) is 1. The third-order valence-electron chi connectivity index (χ3n) is 3.99. The molecule has 0 bridgehead atoms. The van der Waals surface area contributed by atoms with Crippen molar-refractivity contribution in [1.29, 1.82) is 0 Å². The Kier molecular flexibility index (Phi) is 5.43. The van der Waals surface area contributed by atoms with Crippen LogP contribution in [0.15, 0.2) is 82.6 Å². The Balaban J connectivity index is 1.68. The number of hydrogen-bond donors (Lipinski definition) is 1. The molecule has 0 aliphatic rings. The van der Waals surface area contributed by atoms with E-state index in [4.69, 9.17) is 0 Å². The molecule has 1 N–H and O–H groups in total. The highest BCUT2D eigenvalue weighted by molar-refractivity contribution is 5.90. The van der Waals surface area contributed by atoms with Crippen LogP contribution in [-0.4, -0.2) is 15.0 Å². The number of benzene rings is 2. The first-order valence-electron chi connectivity index (χ1n) is 8.32. The fourth-order valence-electron chi connectivity index (χ4n) is 2.61. The van der Waals surface area contributed by atoms with Crippen molar-refractivity contribution in [1.82, 2.24) is 9.13 Å². The first-order chi connectivity index (χ1) is 12.6. The molecular formula is C20H19N3O3. The van der Waals surface area contributed by atoms with Crippen LogP contribution in [0.5, 0.6) is 0 Å². The largest absolute Gasteiger partial charge is 0.325 e. The highest BCUT2D eigenvalue weighted by Crippen LogP contribution is 2.04. The Labute approximate surface area is 150 Å². The van der Waals surface area contributed by atoms with E-state index in [9.17, 15) is 14.4 Å². The van der Waals surface area contributed by atoms with Gasteiger partial charge >= 0.3 is 11.1 Å². The third kappa shape index (κ3) is 4.36. The van der Waals surface area contributed by atoms with Crippen molar-refractivity contribution < 1.29 is 4.79 Å². The minimum atomic E-state index is -0.705. The van der Waals surface area contributed by atoms with Gasteiger partial charge in [0.2, 0.25) is 5.91 Å². The maximum Gasteiger partial charge on any atom is 0.316 e. The number of aryl methyl sites for hydroxylation is 2. The summed E-state index contributed by atoms with van der Waals surface area (Å²) >= 11 is 0. The SMILES string of the molecule is O=C(Cn1ccn(CCc2ccccc2)c(=O)c1=O)Nc1ccccc1. The summed E-state index contributed by atoms with van der Waals surface area (Å²) < 4.78 is 2.50. The van der Waals surface area contributed by atoms with Crippen LogP contribution in [0.4, 0.5) is 5.69 Å². The van der Waals surface area contributed by atoms with Crippen molar-refractivity contribution in [3.05, 3.63) is 99.3 Å². The number of aromatic nitrogens is 2. The molecule has 132 valence electrons. The average Bonchev–Trinajstić information content (AvgIpc) is 2.66. The Hall–Kier alpha value is -3.41. The molecule has 3 rings (SSSR count). The summed E-state index contributed by atoms with van der Waals surface area (Å²) in [6, 6.07) is 18.7. The van der Waals surface area contributed by atoms with E-state index in [0.717, 1.165) is 10.1 Å². The number of anilines is 1. The normalized spacial score (nSPS) is 10.5. The Bertz CT molecular complexity index is 992. The zero-order chi connectivity index (χ0) is 18.4. The lowest BCUT2D eigenvalue weighted by molar-refractivity contribution is -0.116. The van der Waals surface area contributed by atoms with Crippen molar-refractivity contribution in [2.45, 2.75) is 19.5 Å². The second-order valence-corrected chi connectivity index (χ2v) is 5.88. The summed E-state index contributed by atoms with van der Waals surface area (Å²) in [5, 5.41) is 2.69. The van der Waals surface area contributed by atoms with Crippen molar-refractivity contribution >= 4 is 11.6 Å². The maximum absolute atomic E-state index is 12.2. The zero-order valence-corrected chi connectivity index (χ0v) is 14.2. The monoisotopic (exact) mass is 349 g/mol. The van der Waals surface area contributed by atoms with Gasteiger partial charge < -0.3 is 9.88 Å². The number of hydrogen-bond acceptors (Lipinski definition) is 3. The topological polar surface area (TPSA) is 73.1 Å². The Morgan fingerprint density at radius 3 is 2.08 bits per heavy atom. The van der Waals surface area contributed by atoms with Crippen LogP contribution in [-0.2, 0) is 24.3 Å². The number of carbonyl (C=O) groups is 1. The van der Waals surface area contributed by atoms with E-state index < -0.39 is 11.1 Å². The summed E-state index contributed by atoms with van der Waals surface area (Å²) in [5.74, 6) is -0.361. The first kappa shape index (κ1) is 17.4. The molecule has 1 amide bonds. The molecule has 0 unspecified atom stereocenters. The molecule has 1 heterocycles. The minimum Gasteiger partial charge on any atom is -0.325 e. The van der Waals surface area contributed by atoms with Crippen molar-refractivity contribution in [3.63, 3.8) is 0 Å². The fourth-order valence-corrected chi connectivity index (χ4v) is 2.61. The minimum absolute atomic E-state index is 0.206. The number of para-hydroxylation sites is 1. The lowest BCUT2D eigenvalue weighted by atomic mass is 10.1. The van der Waals surface area contributed by atoms with Crippen molar-refractivity contribution in [2.24, 2.45) is 0 Å². The van der Waals surface area contributed by atoms with Crippen LogP contribution in [0.2, 0.25) is 0 Å². The van der Waals surface area contributed by atoms with Crippen LogP contribution >= 0.6 is 0 Å². The van der Waals surface area contributed by atoms with E-state index in [1.165, 1.54) is 10.8 Å². The average molecular weight is 349 g/mol. The Morgan fingerprint density at radius 1 is 0.808 bits per heavy atom. The van der Waals surface area contributed by atoms with Gasteiger partial charge in [0.05, 0.1) is 0 Å². The molecule has 1 aromatic heterocycles. The lowest BCUT2D eigenvalue weighted by Crippen LogP contribution is -2.42. The molecular weight excluding hydrogens is 330 g/mol. The van der Waals surface area contributed by atoms with E-state index >= 15 is 0 Å². The molecule has 26 heavy (non-hydrogen) atoms. The predicted molar refractivity (Wildman–Crippen MR) is 100 cm³/mol. The van der Waals surface area contributed by atoms with Crippen molar-refractivity contribution in [3.8, 4) is 0 Å². The van der Waals surface area contributed by atoms with Gasteiger partial charge in [-0.3, -0.25) is 19.0 Å². The molecule has 3 aromatic rings. The highest BCUT2D eigenvalue weighted by Gasteiger charge is 2.09. The van der Waals surface area contributed by atoms with E-state index in [2.05, 4.69) is 5.32 Å². The van der Waals surface area contributed by atoms with E-state index in [1.54, 1.807) is 30.5 Å². The second kappa shape index (κ2) is 8.11. The van der Waals surface area contributed by atoms with Gasteiger partial charge in [-0.05, 0) is 24.1 Å². The first-order valence-corrected chi connectivity index (χ1v) is 8.32. The van der Waals surface area contributed by atoms with Crippen LogP contribution in [0.3, 0.4) is 0 Å². The second-order valence-electron chi connectivity index (χ2n) is 5.88. The molecule has 0 atom stereocenters. The van der Waals surface area contributed by atoms with Gasteiger partial charge in [-0.1, -0.05) is 48.5 Å². The van der Waals surface area contributed by atoms with Crippen LogP contribution < -0.4 is 16.4 Å². The smallest absolute Gasteiger partial charge is 0.316 e. The Morgan fingerprint density at radius 2 is 1.38 bits per heavy atom. The molecule has 6 nitrogen and oxygen atoms in total. The van der Waals surface area contributed by atoms with Gasteiger partial charge in [0.15, 0.2) is 0 Å². The maximum atomic E-state index is 12.2. The van der Waals surface area contributed by atoms with Gasteiger partial charge in [-0.2, -0.15) is 0 Å². The summed E-state index contributed by atoms with van der Waals surface area (Å²) in [5.41, 5.74) is 0.396. The van der Waals surface area contributed by atoms with Crippen LogP contribution in [0.25, 0.3) is 0 Å². The number of nitrogens with zero attached hydrogens (tertiary/aromatic N) is 2. The van der Waals surface area contributed by atoms with Crippen LogP contribution in [0.1, 0.15) is 5.56 Å². The summed E-state index contributed by atoms with van der Waals surface area (Å²) in [6.45, 7) is 0.206. The van der Waals surface area contributed by atoms with Gasteiger partial charge in [0.25, 0.3) is 0 Å². The van der Waals surface area contributed by atoms with E-state index in [1.807, 2.05) is 36.4 Å². The van der Waals surface area contributed by atoms with Crippen LogP contribution in [0, 0.1) is 0 Å². The summed E-state index contributed by atoms with van der Waals surface area (Å²) in [4.78, 5) is 36.5. The third-order valence-corrected chi connectivity index (χ3v) is 3.99. The predicted octanol–water partition coefficient (Wildman–Crippen LogP) is 1.89. The summed E-state index contributed by atoms with van der Waals surface area (Å²) in [7, 11) is 0. The van der Waals surface area contributed by atoms with Gasteiger partial charge in [0, 0.05) is 24.6 Å². The molecule has 0 aliphatic carbocycles. The standard InChI is InChI=1S/C20H19N3O3/c24-18(21-17-9-5-2-6-10-17)15-23-14-13-22(19(25)20(23)26)12-11-16-7-3-1-4-8-16/h1-10,13-14H,11-12,15H2,(H,21,24). The molecule has 0 spiro atoms. The van der Waals surface area contributed by atoms with Gasteiger partial charge in [-0.15, -0.1) is 0 Å². The van der Waals surface area contributed by atoms with Gasteiger partial charge in [0.1, 0.15) is 6.54 Å². The molecule has 0 saturated heterocycles. The number of amides is 1. The summed E-state index contributed by atoms with van der Waals surface area (Å²) in [6.07, 6.45) is 3.67. The molecule has 0 saturated carbocycles. The molecule has 0 aliphatic heterocycles. The molecule has 2 aromatic carbocycles. The number of rotatable bonds is 6.